The third-order valence-corrected chi connectivity index (χ3v) is 8.05. The van der Waals surface area contributed by atoms with Crippen LogP contribution >= 0.6 is 0 Å². The van der Waals surface area contributed by atoms with Gasteiger partial charge in [0, 0.05) is 17.8 Å². The van der Waals surface area contributed by atoms with Crippen LogP contribution in [0.5, 0.6) is 0 Å². The molecular weight excluding hydrogens is 466 g/mol. The molecule has 5 nitrogen and oxygen atoms in total. The van der Waals surface area contributed by atoms with Gasteiger partial charge in [-0.05, 0) is 80.3 Å². The van der Waals surface area contributed by atoms with Gasteiger partial charge in [0.1, 0.15) is 5.82 Å². The average Bonchev–Trinajstić information content (AvgIpc) is 3.21. The van der Waals surface area contributed by atoms with Crippen LogP contribution in [0.4, 0.5) is 5.69 Å². The highest BCUT2D eigenvalue weighted by Gasteiger charge is 2.20. The maximum absolute atomic E-state index is 13.1. The minimum absolute atomic E-state index is 0.344. The first-order valence-electron chi connectivity index (χ1n) is 12.0. The second-order valence-electron chi connectivity index (χ2n) is 9.22. The molecule has 1 aromatic heterocycles. The van der Waals surface area contributed by atoms with Gasteiger partial charge in [-0.15, -0.1) is 0 Å². The van der Waals surface area contributed by atoms with E-state index in [1.165, 1.54) is 0 Å². The molecule has 4 aromatic carbocycles. The van der Waals surface area contributed by atoms with Crippen molar-refractivity contribution >= 4 is 26.7 Å². The number of rotatable bonds is 7. The fraction of sp³-hybridized carbons (Fsp3) is 0.167. The first-order chi connectivity index (χ1) is 17.3. The number of anilines is 1. The van der Waals surface area contributed by atoms with E-state index in [0.29, 0.717) is 10.6 Å². The van der Waals surface area contributed by atoms with Crippen LogP contribution in [0, 0.1) is 20.8 Å². The number of aromatic nitrogens is 2. The van der Waals surface area contributed by atoms with Crippen molar-refractivity contribution in [3.63, 3.8) is 0 Å². The average molecular weight is 496 g/mol. The molecule has 0 bridgehead atoms. The van der Waals surface area contributed by atoms with E-state index in [0.717, 1.165) is 57.6 Å². The highest BCUT2D eigenvalue weighted by Crippen LogP contribution is 2.26. The summed E-state index contributed by atoms with van der Waals surface area (Å²) in [5.74, 6) is 0.998. The van der Waals surface area contributed by atoms with Gasteiger partial charge < -0.3 is 0 Å². The second kappa shape index (κ2) is 9.63. The quantitative estimate of drug-likeness (QED) is 0.279. The van der Waals surface area contributed by atoms with Gasteiger partial charge in [0.15, 0.2) is 0 Å². The Hall–Kier alpha value is -3.90. The number of nitrogens with one attached hydrogen (secondary N) is 1. The van der Waals surface area contributed by atoms with E-state index in [2.05, 4.69) is 27.5 Å². The summed E-state index contributed by atoms with van der Waals surface area (Å²) in [5, 5.41) is 0. The smallest absolute Gasteiger partial charge is 0.262 e. The number of hydrogen-bond donors (Lipinski definition) is 1. The number of sulfonamides is 1. The largest absolute Gasteiger partial charge is 0.296 e. The molecule has 6 heteroatoms. The number of benzene rings is 4. The number of nitrogens with zero attached hydrogens (tertiary/aromatic N) is 2. The number of fused-ring (bicyclic) bond motifs is 1. The van der Waals surface area contributed by atoms with Crippen LogP contribution in [0.2, 0.25) is 0 Å². The Balaban J connectivity index is 1.35. The summed E-state index contributed by atoms with van der Waals surface area (Å²) in [6, 6.07) is 29.8. The van der Waals surface area contributed by atoms with Crippen LogP contribution in [-0.4, -0.2) is 18.0 Å². The lowest BCUT2D eigenvalue weighted by atomic mass is 10.1. The molecule has 0 fully saturated rings. The lowest BCUT2D eigenvalue weighted by molar-refractivity contribution is 0.600. The van der Waals surface area contributed by atoms with Crippen LogP contribution < -0.4 is 4.72 Å². The lowest BCUT2D eigenvalue weighted by Gasteiger charge is -2.14. The van der Waals surface area contributed by atoms with Gasteiger partial charge in [-0.3, -0.25) is 9.29 Å². The third kappa shape index (κ3) is 4.77. The maximum Gasteiger partial charge on any atom is 0.262 e. The van der Waals surface area contributed by atoms with E-state index < -0.39 is 10.0 Å². The van der Waals surface area contributed by atoms with Crippen molar-refractivity contribution in [3.8, 4) is 5.69 Å². The Labute approximate surface area is 212 Å². The zero-order chi connectivity index (χ0) is 25.3. The lowest BCUT2D eigenvalue weighted by Crippen LogP contribution is -2.16. The standard InChI is InChI=1S/C30H29N3O2S/c1-21-19-22(2)30(23(3)20-21)36(34,35)32-25-16-13-24(14-17-25)15-18-29-31-27-11-7-8-12-28(27)33(29)26-9-5-4-6-10-26/h4-14,16-17,19-20,32H,15,18H2,1-3H3. The summed E-state index contributed by atoms with van der Waals surface area (Å²) < 4.78 is 31.1. The van der Waals surface area contributed by atoms with Gasteiger partial charge in [0.2, 0.25) is 0 Å². The first-order valence-corrected chi connectivity index (χ1v) is 13.5. The predicted octanol–water partition coefficient (Wildman–Crippen LogP) is 6.54. The van der Waals surface area contributed by atoms with Gasteiger partial charge in [0.25, 0.3) is 10.0 Å². The van der Waals surface area contributed by atoms with Crippen molar-refractivity contribution in [2.24, 2.45) is 0 Å². The molecule has 0 saturated heterocycles. The molecule has 0 radical (unpaired) electrons. The van der Waals surface area contributed by atoms with Crippen molar-refractivity contribution in [3.05, 3.63) is 119 Å². The van der Waals surface area contributed by atoms with Crippen LogP contribution in [0.1, 0.15) is 28.1 Å². The van der Waals surface area contributed by atoms with E-state index in [4.69, 9.17) is 4.98 Å². The molecule has 0 spiro atoms. The predicted molar refractivity (Wildman–Crippen MR) is 146 cm³/mol. The van der Waals surface area contributed by atoms with Crippen LogP contribution in [0.25, 0.3) is 16.7 Å². The molecule has 1 heterocycles. The van der Waals surface area contributed by atoms with Crippen LogP contribution in [-0.2, 0) is 22.9 Å². The molecule has 1 N–H and O–H groups in total. The molecular formula is C30H29N3O2S. The van der Waals surface area contributed by atoms with Crippen molar-refractivity contribution in [1.29, 1.82) is 0 Å². The second-order valence-corrected chi connectivity index (χ2v) is 10.8. The van der Waals surface area contributed by atoms with Crippen molar-refractivity contribution < 1.29 is 8.42 Å². The van der Waals surface area contributed by atoms with E-state index in [1.807, 2.05) is 93.6 Å². The number of imidazole rings is 1. The molecule has 0 aliphatic carbocycles. The Kier molecular flexibility index (Phi) is 6.37. The summed E-state index contributed by atoms with van der Waals surface area (Å²) >= 11 is 0. The van der Waals surface area contributed by atoms with E-state index in [-0.39, 0.29) is 0 Å². The summed E-state index contributed by atoms with van der Waals surface area (Å²) in [6.45, 7) is 5.64. The highest BCUT2D eigenvalue weighted by molar-refractivity contribution is 7.92. The minimum Gasteiger partial charge on any atom is -0.296 e. The van der Waals surface area contributed by atoms with E-state index >= 15 is 0 Å². The Morgan fingerprint density at radius 1 is 0.778 bits per heavy atom. The fourth-order valence-corrected chi connectivity index (χ4v) is 6.42. The Morgan fingerprint density at radius 2 is 1.42 bits per heavy atom. The summed E-state index contributed by atoms with van der Waals surface area (Å²) in [6.07, 6.45) is 1.55. The van der Waals surface area contributed by atoms with Crippen LogP contribution in [0.3, 0.4) is 0 Å². The number of para-hydroxylation sites is 3. The molecule has 36 heavy (non-hydrogen) atoms. The number of aryl methyl sites for hydroxylation is 5. The van der Waals surface area contributed by atoms with Gasteiger partial charge >= 0.3 is 0 Å². The Bertz CT molecular complexity index is 1610. The normalized spacial score (nSPS) is 11.6. The van der Waals surface area contributed by atoms with Gasteiger partial charge in [-0.2, -0.15) is 0 Å². The molecule has 182 valence electrons. The summed E-state index contributed by atoms with van der Waals surface area (Å²) in [4.78, 5) is 5.24. The van der Waals surface area contributed by atoms with Crippen molar-refractivity contribution in [1.82, 2.24) is 9.55 Å². The fourth-order valence-electron chi connectivity index (χ4n) is 4.90. The zero-order valence-corrected chi connectivity index (χ0v) is 21.5. The topological polar surface area (TPSA) is 64.0 Å². The molecule has 5 rings (SSSR count). The van der Waals surface area contributed by atoms with E-state index in [1.54, 1.807) is 0 Å². The van der Waals surface area contributed by atoms with E-state index in [9.17, 15) is 8.42 Å². The molecule has 5 aromatic rings. The van der Waals surface area contributed by atoms with Crippen molar-refractivity contribution in [2.75, 3.05) is 4.72 Å². The summed E-state index contributed by atoms with van der Waals surface area (Å²) in [7, 11) is -3.67. The molecule has 0 saturated carbocycles. The van der Waals surface area contributed by atoms with Crippen LogP contribution in [0.15, 0.2) is 95.9 Å². The van der Waals surface area contributed by atoms with Gasteiger partial charge in [0.05, 0.1) is 15.9 Å². The van der Waals surface area contributed by atoms with Gasteiger partial charge in [-0.25, -0.2) is 13.4 Å². The third-order valence-electron chi connectivity index (χ3n) is 6.36. The molecule has 0 atom stereocenters. The highest BCUT2D eigenvalue weighted by atomic mass is 32.2. The first kappa shape index (κ1) is 23.8. The molecule has 0 amide bonds. The van der Waals surface area contributed by atoms with Crippen molar-refractivity contribution in [2.45, 2.75) is 38.5 Å². The zero-order valence-electron chi connectivity index (χ0n) is 20.7. The minimum atomic E-state index is -3.67. The molecule has 0 aliphatic heterocycles. The monoisotopic (exact) mass is 495 g/mol. The van der Waals surface area contributed by atoms with Gasteiger partial charge in [-0.1, -0.05) is 60.2 Å². The molecule has 0 unspecified atom stereocenters. The molecule has 0 aliphatic rings. The number of hydrogen-bond acceptors (Lipinski definition) is 3. The maximum atomic E-state index is 13.1. The Morgan fingerprint density at radius 3 is 2.11 bits per heavy atom. The summed E-state index contributed by atoms with van der Waals surface area (Å²) in [5.41, 5.74) is 7.37. The SMILES string of the molecule is Cc1cc(C)c(S(=O)(=O)Nc2ccc(CCc3nc4ccccc4n3-c3ccccc3)cc2)c(C)c1.